The molecule has 1 heterocycles. The van der Waals surface area contributed by atoms with Crippen molar-refractivity contribution in [2.24, 2.45) is 0 Å². The molecule has 0 atom stereocenters. The van der Waals surface area contributed by atoms with E-state index in [-0.39, 0.29) is 5.91 Å². The molecule has 3 aromatic rings. The van der Waals surface area contributed by atoms with E-state index in [1.807, 2.05) is 24.3 Å². The molecule has 0 radical (unpaired) electrons. The fourth-order valence-electron chi connectivity index (χ4n) is 2.12. The topological polar surface area (TPSA) is 77.8 Å². The Bertz CT molecular complexity index is 914. The SMILES string of the molecule is N#Cc1ccc(Nc2ccc(NC(=O)c3ccc(Br)cc3)cn2)cc1. The first-order chi connectivity index (χ1) is 12.1. The van der Waals surface area contributed by atoms with E-state index in [2.05, 4.69) is 37.6 Å². The molecule has 122 valence electrons. The molecule has 0 bridgehead atoms. The van der Waals surface area contributed by atoms with Gasteiger partial charge in [0.05, 0.1) is 23.5 Å². The van der Waals surface area contributed by atoms with Gasteiger partial charge in [-0.05, 0) is 60.7 Å². The number of carbonyl (C=O) groups is 1. The zero-order valence-electron chi connectivity index (χ0n) is 13.0. The summed E-state index contributed by atoms with van der Waals surface area (Å²) in [6.45, 7) is 0. The van der Waals surface area contributed by atoms with E-state index in [9.17, 15) is 4.79 Å². The Morgan fingerprint density at radius 3 is 2.24 bits per heavy atom. The summed E-state index contributed by atoms with van der Waals surface area (Å²) in [5.41, 5.74) is 2.61. The Labute approximate surface area is 153 Å². The molecular formula is C19H13BrN4O. The number of halogens is 1. The zero-order valence-corrected chi connectivity index (χ0v) is 14.6. The van der Waals surface area contributed by atoms with Crippen LogP contribution in [0.15, 0.2) is 71.3 Å². The smallest absolute Gasteiger partial charge is 0.255 e. The lowest BCUT2D eigenvalue weighted by Crippen LogP contribution is -2.11. The van der Waals surface area contributed by atoms with E-state index in [0.717, 1.165) is 10.2 Å². The van der Waals surface area contributed by atoms with Crippen LogP contribution in [-0.4, -0.2) is 10.9 Å². The number of nitrogens with one attached hydrogen (secondary N) is 2. The van der Waals surface area contributed by atoms with E-state index >= 15 is 0 Å². The molecule has 0 aliphatic rings. The lowest BCUT2D eigenvalue weighted by Gasteiger charge is -2.08. The number of anilines is 3. The number of amides is 1. The normalized spacial score (nSPS) is 9.92. The van der Waals surface area contributed by atoms with Gasteiger partial charge >= 0.3 is 0 Å². The van der Waals surface area contributed by atoms with Crippen LogP contribution in [0.3, 0.4) is 0 Å². The van der Waals surface area contributed by atoms with Crippen molar-refractivity contribution < 1.29 is 4.79 Å². The van der Waals surface area contributed by atoms with E-state index in [1.54, 1.807) is 42.6 Å². The van der Waals surface area contributed by atoms with Crippen molar-refractivity contribution in [1.29, 1.82) is 5.26 Å². The fraction of sp³-hybridized carbons (Fsp3) is 0. The lowest BCUT2D eigenvalue weighted by molar-refractivity contribution is 0.102. The number of nitriles is 1. The van der Waals surface area contributed by atoms with Crippen LogP contribution in [0.5, 0.6) is 0 Å². The summed E-state index contributed by atoms with van der Waals surface area (Å²) >= 11 is 3.34. The highest BCUT2D eigenvalue weighted by atomic mass is 79.9. The summed E-state index contributed by atoms with van der Waals surface area (Å²) in [4.78, 5) is 16.4. The van der Waals surface area contributed by atoms with Gasteiger partial charge < -0.3 is 10.6 Å². The van der Waals surface area contributed by atoms with Gasteiger partial charge in [-0.15, -0.1) is 0 Å². The molecule has 0 spiro atoms. The molecule has 5 nitrogen and oxygen atoms in total. The molecule has 0 saturated heterocycles. The van der Waals surface area contributed by atoms with Crippen LogP contribution in [0.25, 0.3) is 0 Å². The predicted molar refractivity (Wildman–Crippen MR) is 101 cm³/mol. The molecule has 2 aromatic carbocycles. The molecule has 1 amide bonds. The first kappa shape index (κ1) is 16.7. The predicted octanol–water partition coefficient (Wildman–Crippen LogP) is 4.71. The van der Waals surface area contributed by atoms with Gasteiger partial charge in [0, 0.05) is 15.7 Å². The molecule has 6 heteroatoms. The van der Waals surface area contributed by atoms with Crippen molar-refractivity contribution in [3.05, 3.63) is 82.5 Å². The molecule has 0 saturated carbocycles. The first-order valence-electron chi connectivity index (χ1n) is 7.44. The minimum Gasteiger partial charge on any atom is -0.340 e. The van der Waals surface area contributed by atoms with Crippen molar-refractivity contribution in [1.82, 2.24) is 4.98 Å². The van der Waals surface area contributed by atoms with Crippen LogP contribution >= 0.6 is 15.9 Å². The van der Waals surface area contributed by atoms with Crippen molar-refractivity contribution >= 4 is 39.0 Å². The minimum atomic E-state index is -0.192. The van der Waals surface area contributed by atoms with Crippen LogP contribution in [0.4, 0.5) is 17.2 Å². The molecule has 1 aromatic heterocycles. The molecular weight excluding hydrogens is 380 g/mol. The summed E-state index contributed by atoms with van der Waals surface area (Å²) < 4.78 is 0.920. The van der Waals surface area contributed by atoms with E-state index in [0.29, 0.717) is 22.6 Å². The third-order valence-corrected chi connectivity index (χ3v) is 3.94. The second-order valence-corrected chi connectivity index (χ2v) is 6.12. The molecule has 0 aliphatic heterocycles. The average molecular weight is 393 g/mol. The molecule has 0 unspecified atom stereocenters. The number of pyridine rings is 1. The minimum absolute atomic E-state index is 0.192. The van der Waals surface area contributed by atoms with Crippen molar-refractivity contribution in [2.75, 3.05) is 10.6 Å². The van der Waals surface area contributed by atoms with Gasteiger partial charge in [0.25, 0.3) is 5.91 Å². The van der Waals surface area contributed by atoms with Crippen molar-refractivity contribution in [3.8, 4) is 6.07 Å². The molecule has 0 aliphatic carbocycles. The number of benzene rings is 2. The molecule has 3 rings (SSSR count). The van der Waals surface area contributed by atoms with Gasteiger partial charge in [-0.2, -0.15) is 5.26 Å². The van der Waals surface area contributed by atoms with E-state index in [4.69, 9.17) is 5.26 Å². The second kappa shape index (κ2) is 7.60. The number of carbonyl (C=O) groups excluding carboxylic acids is 1. The highest BCUT2D eigenvalue weighted by Gasteiger charge is 2.06. The van der Waals surface area contributed by atoms with Gasteiger partial charge in [0.1, 0.15) is 5.82 Å². The molecule has 2 N–H and O–H groups in total. The molecule has 0 fully saturated rings. The monoisotopic (exact) mass is 392 g/mol. The van der Waals surface area contributed by atoms with Crippen molar-refractivity contribution in [2.45, 2.75) is 0 Å². The van der Waals surface area contributed by atoms with Gasteiger partial charge in [0.2, 0.25) is 0 Å². The van der Waals surface area contributed by atoms with Gasteiger partial charge in [-0.1, -0.05) is 15.9 Å². The maximum Gasteiger partial charge on any atom is 0.255 e. The highest BCUT2D eigenvalue weighted by molar-refractivity contribution is 9.10. The second-order valence-electron chi connectivity index (χ2n) is 5.21. The summed E-state index contributed by atoms with van der Waals surface area (Å²) in [5.74, 6) is 0.452. The lowest BCUT2D eigenvalue weighted by atomic mass is 10.2. The number of hydrogen-bond acceptors (Lipinski definition) is 4. The van der Waals surface area contributed by atoms with Crippen LogP contribution in [0, 0.1) is 11.3 Å². The van der Waals surface area contributed by atoms with E-state index in [1.165, 1.54) is 0 Å². The van der Waals surface area contributed by atoms with Crippen LogP contribution in [0.1, 0.15) is 15.9 Å². The largest absolute Gasteiger partial charge is 0.340 e. The van der Waals surface area contributed by atoms with Crippen LogP contribution in [-0.2, 0) is 0 Å². The van der Waals surface area contributed by atoms with Gasteiger partial charge in [0.15, 0.2) is 0 Å². The number of hydrogen-bond donors (Lipinski definition) is 2. The number of rotatable bonds is 4. The summed E-state index contributed by atoms with van der Waals surface area (Å²) in [6, 6.07) is 19.8. The standard InChI is InChI=1S/C19H13BrN4O/c20-15-5-3-14(4-6-15)19(25)24-17-9-10-18(22-12-17)23-16-7-1-13(11-21)2-8-16/h1-10,12H,(H,22,23)(H,24,25). The Morgan fingerprint density at radius 1 is 0.960 bits per heavy atom. The fourth-order valence-corrected chi connectivity index (χ4v) is 2.39. The highest BCUT2D eigenvalue weighted by Crippen LogP contribution is 2.17. The Balaban J connectivity index is 1.64. The Morgan fingerprint density at radius 2 is 1.64 bits per heavy atom. The maximum atomic E-state index is 12.2. The van der Waals surface area contributed by atoms with Gasteiger partial charge in [-0.3, -0.25) is 4.79 Å². The molecule has 25 heavy (non-hydrogen) atoms. The van der Waals surface area contributed by atoms with E-state index < -0.39 is 0 Å². The average Bonchev–Trinajstić information content (AvgIpc) is 2.64. The Kier molecular flexibility index (Phi) is 5.07. The van der Waals surface area contributed by atoms with Crippen LogP contribution < -0.4 is 10.6 Å². The third kappa shape index (κ3) is 4.43. The number of aromatic nitrogens is 1. The zero-order chi connectivity index (χ0) is 17.6. The maximum absolute atomic E-state index is 12.2. The quantitative estimate of drug-likeness (QED) is 0.673. The van der Waals surface area contributed by atoms with Crippen LogP contribution in [0.2, 0.25) is 0 Å². The summed E-state index contributed by atoms with van der Waals surface area (Å²) in [6.07, 6.45) is 1.59. The first-order valence-corrected chi connectivity index (χ1v) is 8.23. The summed E-state index contributed by atoms with van der Waals surface area (Å²) in [5, 5.41) is 14.7. The Hall–Kier alpha value is -3.17. The summed E-state index contributed by atoms with van der Waals surface area (Å²) in [7, 11) is 0. The van der Waals surface area contributed by atoms with Crippen molar-refractivity contribution in [3.63, 3.8) is 0 Å². The van der Waals surface area contributed by atoms with Gasteiger partial charge in [-0.25, -0.2) is 4.98 Å². The third-order valence-electron chi connectivity index (χ3n) is 3.41. The number of nitrogens with zero attached hydrogens (tertiary/aromatic N) is 2.